The first-order chi connectivity index (χ1) is 5.16. The molecule has 11 heavy (non-hydrogen) atoms. The average molecular weight is 153 g/mol. The number of allylic oxidation sites excluding steroid dienone is 1. The molecule has 0 bridgehead atoms. The molecule has 0 atom stereocenters. The lowest BCUT2D eigenvalue weighted by Gasteiger charge is -2.05. The van der Waals surface area contributed by atoms with Crippen LogP contribution < -0.4 is 5.32 Å². The van der Waals surface area contributed by atoms with Gasteiger partial charge in [-0.05, 0) is 26.4 Å². The third-order valence-electron chi connectivity index (χ3n) is 1.65. The summed E-state index contributed by atoms with van der Waals surface area (Å²) in [6.07, 6.45) is 2.40. The standard InChI is InChI=1S/C9H20BN/c1-8(2)10-9(3)6-5-7-11-4/h8,10-11H,3,5-7H2,1-2,4H3. The highest BCUT2D eigenvalue weighted by Gasteiger charge is 2.00. The highest BCUT2D eigenvalue weighted by atomic mass is 14.8. The van der Waals surface area contributed by atoms with Crippen molar-refractivity contribution in [3.8, 4) is 0 Å². The van der Waals surface area contributed by atoms with Crippen LogP contribution in [0.5, 0.6) is 0 Å². The zero-order valence-electron chi connectivity index (χ0n) is 8.11. The average Bonchev–Trinajstić information content (AvgIpc) is 1.86. The van der Waals surface area contributed by atoms with Crippen LogP contribution in [0.1, 0.15) is 26.7 Å². The molecule has 0 aromatic rings. The van der Waals surface area contributed by atoms with Gasteiger partial charge in [-0.3, -0.25) is 0 Å². The molecule has 0 aromatic carbocycles. The Labute approximate surface area is 71.5 Å². The largest absolute Gasteiger partial charge is 0.320 e. The lowest BCUT2D eigenvalue weighted by atomic mass is 9.59. The Hall–Kier alpha value is -0.235. The van der Waals surface area contributed by atoms with Crippen molar-refractivity contribution < 1.29 is 0 Å². The van der Waals surface area contributed by atoms with E-state index < -0.39 is 0 Å². The molecular weight excluding hydrogens is 133 g/mol. The molecule has 0 aliphatic heterocycles. The van der Waals surface area contributed by atoms with Crippen LogP contribution >= 0.6 is 0 Å². The number of hydrogen-bond acceptors (Lipinski definition) is 1. The molecule has 0 aromatic heterocycles. The molecule has 0 heterocycles. The van der Waals surface area contributed by atoms with E-state index in [0.717, 1.165) is 12.4 Å². The van der Waals surface area contributed by atoms with Crippen LogP contribution in [0.2, 0.25) is 5.82 Å². The molecule has 0 rings (SSSR count). The second-order valence-electron chi connectivity index (χ2n) is 3.56. The number of rotatable bonds is 6. The lowest BCUT2D eigenvalue weighted by molar-refractivity contribution is 0.730. The Morgan fingerprint density at radius 2 is 2.18 bits per heavy atom. The molecular formula is C9H20BN. The fraction of sp³-hybridized carbons (Fsp3) is 0.778. The summed E-state index contributed by atoms with van der Waals surface area (Å²) in [5.41, 5.74) is 1.40. The van der Waals surface area contributed by atoms with E-state index >= 15 is 0 Å². The zero-order valence-corrected chi connectivity index (χ0v) is 8.11. The molecule has 0 saturated heterocycles. The zero-order chi connectivity index (χ0) is 8.69. The van der Waals surface area contributed by atoms with E-state index in [4.69, 9.17) is 0 Å². The SMILES string of the molecule is C=C(BC(C)C)CCCNC. The van der Waals surface area contributed by atoms with Crippen molar-refractivity contribution in [1.29, 1.82) is 0 Å². The third-order valence-corrected chi connectivity index (χ3v) is 1.65. The minimum atomic E-state index is 0.761. The van der Waals surface area contributed by atoms with Crippen LogP contribution in [0.4, 0.5) is 0 Å². The monoisotopic (exact) mass is 153 g/mol. The molecule has 2 heteroatoms. The summed E-state index contributed by atoms with van der Waals surface area (Å²) in [5.74, 6) is 0.761. The molecule has 0 unspecified atom stereocenters. The maximum Gasteiger partial charge on any atom is 0.154 e. The maximum absolute atomic E-state index is 4.04. The van der Waals surface area contributed by atoms with Gasteiger partial charge in [-0.2, -0.15) is 0 Å². The fourth-order valence-electron chi connectivity index (χ4n) is 1.19. The van der Waals surface area contributed by atoms with Gasteiger partial charge >= 0.3 is 0 Å². The predicted molar refractivity (Wildman–Crippen MR) is 54.5 cm³/mol. The molecule has 0 spiro atoms. The van der Waals surface area contributed by atoms with E-state index in [1.54, 1.807) is 0 Å². The molecule has 1 N–H and O–H groups in total. The van der Waals surface area contributed by atoms with Crippen molar-refractivity contribution in [1.82, 2.24) is 5.32 Å². The summed E-state index contributed by atoms with van der Waals surface area (Å²) in [4.78, 5) is 0. The van der Waals surface area contributed by atoms with Crippen LogP contribution in [0, 0.1) is 0 Å². The van der Waals surface area contributed by atoms with Crippen LogP contribution in [0.25, 0.3) is 0 Å². The Bertz CT molecular complexity index is 110. The van der Waals surface area contributed by atoms with Gasteiger partial charge in [0.2, 0.25) is 0 Å². The van der Waals surface area contributed by atoms with E-state index in [2.05, 4.69) is 25.7 Å². The molecule has 0 fully saturated rings. The van der Waals surface area contributed by atoms with Crippen molar-refractivity contribution in [3.63, 3.8) is 0 Å². The first-order valence-electron chi connectivity index (χ1n) is 4.48. The van der Waals surface area contributed by atoms with E-state index in [-0.39, 0.29) is 0 Å². The maximum atomic E-state index is 4.04. The summed E-state index contributed by atoms with van der Waals surface area (Å²) >= 11 is 0. The van der Waals surface area contributed by atoms with E-state index in [1.165, 1.54) is 25.6 Å². The Morgan fingerprint density at radius 1 is 1.55 bits per heavy atom. The van der Waals surface area contributed by atoms with E-state index in [9.17, 15) is 0 Å². The van der Waals surface area contributed by atoms with Gasteiger partial charge in [0, 0.05) is 0 Å². The van der Waals surface area contributed by atoms with Crippen LogP contribution in [-0.4, -0.2) is 20.9 Å². The topological polar surface area (TPSA) is 12.0 Å². The second-order valence-corrected chi connectivity index (χ2v) is 3.56. The summed E-state index contributed by atoms with van der Waals surface area (Å²) in [5, 5.41) is 3.14. The lowest BCUT2D eigenvalue weighted by Crippen LogP contribution is -2.09. The van der Waals surface area contributed by atoms with Crippen molar-refractivity contribution in [2.45, 2.75) is 32.5 Å². The van der Waals surface area contributed by atoms with E-state index in [0.29, 0.717) is 0 Å². The van der Waals surface area contributed by atoms with E-state index in [1.807, 2.05) is 7.05 Å². The fourth-order valence-corrected chi connectivity index (χ4v) is 1.19. The van der Waals surface area contributed by atoms with Crippen molar-refractivity contribution in [2.24, 2.45) is 0 Å². The summed E-state index contributed by atoms with van der Waals surface area (Å²) < 4.78 is 0. The highest BCUT2D eigenvalue weighted by Crippen LogP contribution is 2.07. The van der Waals surface area contributed by atoms with Gasteiger partial charge in [-0.15, -0.1) is 12.1 Å². The van der Waals surface area contributed by atoms with Gasteiger partial charge < -0.3 is 5.32 Å². The first kappa shape index (κ1) is 10.8. The van der Waals surface area contributed by atoms with Gasteiger partial charge in [0.15, 0.2) is 7.28 Å². The van der Waals surface area contributed by atoms with Crippen molar-refractivity contribution in [2.75, 3.05) is 13.6 Å². The Balaban J connectivity index is 3.23. The second kappa shape index (κ2) is 6.47. The molecule has 0 radical (unpaired) electrons. The molecule has 0 amide bonds. The van der Waals surface area contributed by atoms with Gasteiger partial charge in [0.1, 0.15) is 0 Å². The van der Waals surface area contributed by atoms with Crippen LogP contribution in [0.15, 0.2) is 12.1 Å². The molecule has 0 aliphatic rings. The third kappa shape index (κ3) is 7.66. The van der Waals surface area contributed by atoms with Gasteiger partial charge in [0.25, 0.3) is 0 Å². The number of hydrogen-bond donors (Lipinski definition) is 1. The highest BCUT2D eigenvalue weighted by molar-refractivity contribution is 6.46. The van der Waals surface area contributed by atoms with Crippen LogP contribution in [0.3, 0.4) is 0 Å². The normalized spacial score (nSPS) is 10.2. The van der Waals surface area contributed by atoms with Crippen molar-refractivity contribution in [3.05, 3.63) is 12.1 Å². The summed E-state index contributed by atoms with van der Waals surface area (Å²) in [7, 11) is 3.18. The quantitative estimate of drug-likeness (QED) is 0.453. The minimum absolute atomic E-state index is 0.761. The minimum Gasteiger partial charge on any atom is -0.320 e. The van der Waals surface area contributed by atoms with Crippen molar-refractivity contribution >= 4 is 7.28 Å². The first-order valence-corrected chi connectivity index (χ1v) is 4.48. The molecule has 0 saturated carbocycles. The summed E-state index contributed by atoms with van der Waals surface area (Å²) in [6, 6.07) is 0. The predicted octanol–water partition coefficient (Wildman–Crippen LogP) is 1.76. The van der Waals surface area contributed by atoms with Gasteiger partial charge in [0.05, 0.1) is 0 Å². The van der Waals surface area contributed by atoms with Crippen LogP contribution in [-0.2, 0) is 0 Å². The Morgan fingerprint density at radius 3 is 2.64 bits per heavy atom. The molecule has 1 nitrogen and oxygen atoms in total. The number of nitrogens with one attached hydrogen (secondary N) is 1. The smallest absolute Gasteiger partial charge is 0.154 e. The van der Waals surface area contributed by atoms with Gasteiger partial charge in [-0.1, -0.05) is 19.7 Å². The van der Waals surface area contributed by atoms with Gasteiger partial charge in [-0.25, -0.2) is 0 Å². The summed E-state index contributed by atoms with van der Waals surface area (Å²) in [6.45, 7) is 9.63. The Kier molecular flexibility index (Phi) is 6.34. The molecule has 0 aliphatic carbocycles. The molecule has 64 valence electrons.